The molecule has 0 saturated heterocycles. The second kappa shape index (κ2) is 13.4. The second-order valence-electron chi connectivity index (χ2n) is 13.8. The number of anilines is 3. The maximum absolute atomic E-state index is 2.38. The third-order valence-electron chi connectivity index (χ3n) is 10.6. The SMILES string of the molecule is c1ccc(N(c2ccccc2)c2ccc(-c3ccc(-c4cccc5cccc(-c6ccc7c(c6)c6ccccc6n7-c6ccccc6)c45)cc3)cc2)cc1. The molecule has 0 spiro atoms. The van der Waals surface area contributed by atoms with Crippen molar-refractivity contribution in [3.63, 3.8) is 0 Å². The van der Waals surface area contributed by atoms with Crippen LogP contribution in [-0.2, 0) is 0 Å². The molecule has 10 aromatic rings. The molecule has 9 aromatic carbocycles. The van der Waals surface area contributed by atoms with E-state index in [2.05, 4.69) is 228 Å². The van der Waals surface area contributed by atoms with Gasteiger partial charge < -0.3 is 9.47 Å². The average molecular weight is 689 g/mol. The third-order valence-corrected chi connectivity index (χ3v) is 10.6. The lowest BCUT2D eigenvalue weighted by Crippen LogP contribution is -2.09. The van der Waals surface area contributed by atoms with Crippen molar-refractivity contribution in [3.8, 4) is 39.1 Å². The van der Waals surface area contributed by atoms with Gasteiger partial charge in [-0.2, -0.15) is 0 Å². The second-order valence-corrected chi connectivity index (χ2v) is 13.8. The number of aromatic nitrogens is 1. The monoisotopic (exact) mass is 688 g/mol. The normalized spacial score (nSPS) is 11.3. The van der Waals surface area contributed by atoms with Gasteiger partial charge >= 0.3 is 0 Å². The largest absolute Gasteiger partial charge is 0.311 e. The van der Waals surface area contributed by atoms with Gasteiger partial charge in [0.05, 0.1) is 11.0 Å². The standard InChI is InChI=1S/C52H36N2/c1-4-16-42(17-5-1)53(43-18-6-2-7-19-43)45-33-30-38(31-34-45)37-26-28-39(29-27-37)46-23-12-14-40-15-13-24-47(52(40)46)41-32-35-51-49(36-41)48-22-10-11-25-50(48)54(51)44-20-8-3-9-21-44/h1-36H. The lowest BCUT2D eigenvalue weighted by molar-refractivity contribution is 1.18. The molecular weight excluding hydrogens is 653 g/mol. The smallest absolute Gasteiger partial charge is 0.0541 e. The van der Waals surface area contributed by atoms with E-state index in [0.29, 0.717) is 0 Å². The minimum Gasteiger partial charge on any atom is -0.311 e. The summed E-state index contributed by atoms with van der Waals surface area (Å²) < 4.78 is 2.38. The van der Waals surface area contributed by atoms with E-state index in [1.54, 1.807) is 0 Å². The van der Waals surface area contributed by atoms with Gasteiger partial charge in [-0.1, -0.05) is 152 Å². The van der Waals surface area contributed by atoms with Crippen LogP contribution < -0.4 is 4.90 Å². The Morgan fingerprint density at radius 2 is 0.796 bits per heavy atom. The van der Waals surface area contributed by atoms with Gasteiger partial charge in [-0.25, -0.2) is 0 Å². The zero-order chi connectivity index (χ0) is 35.8. The van der Waals surface area contributed by atoms with Crippen LogP contribution in [0.15, 0.2) is 218 Å². The van der Waals surface area contributed by atoms with Gasteiger partial charge in [0, 0.05) is 33.5 Å². The third kappa shape index (κ3) is 5.53. The van der Waals surface area contributed by atoms with E-state index in [1.807, 2.05) is 0 Å². The average Bonchev–Trinajstić information content (AvgIpc) is 3.58. The molecule has 54 heavy (non-hydrogen) atoms. The summed E-state index contributed by atoms with van der Waals surface area (Å²) in [5, 5.41) is 5.02. The quantitative estimate of drug-likeness (QED) is 0.162. The minimum atomic E-state index is 1.12. The fourth-order valence-corrected chi connectivity index (χ4v) is 8.06. The fraction of sp³-hybridized carbons (Fsp3) is 0. The first-order chi connectivity index (χ1) is 26.8. The first kappa shape index (κ1) is 31.6. The van der Waals surface area contributed by atoms with Crippen LogP contribution in [0.4, 0.5) is 17.1 Å². The number of benzene rings is 9. The summed E-state index contributed by atoms with van der Waals surface area (Å²) in [7, 11) is 0. The van der Waals surface area contributed by atoms with Crippen molar-refractivity contribution in [2.24, 2.45) is 0 Å². The van der Waals surface area contributed by atoms with Crippen LogP contribution in [0.1, 0.15) is 0 Å². The Morgan fingerprint density at radius 1 is 0.315 bits per heavy atom. The van der Waals surface area contributed by atoms with Crippen LogP contribution in [-0.4, -0.2) is 4.57 Å². The minimum absolute atomic E-state index is 1.12. The Hall–Kier alpha value is -7.16. The van der Waals surface area contributed by atoms with Gasteiger partial charge in [0.15, 0.2) is 0 Å². The highest BCUT2D eigenvalue weighted by Crippen LogP contribution is 2.41. The van der Waals surface area contributed by atoms with Crippen molar-refractivity contribution >= 4 is 49.6 Å². The van der Waals surface area contributed by atoms with E-state index >= 15 is 0 Å². The van der Waals surface area contributed by atoms with E-state index in [-0.39, 0.29) is 0 Å². The van der Waals surface area contributed by atoms with Crippen LogP contribution in [0.3, 0.4) is 0 Å². The van der Waals surface area contributed by atoms with Crippen molar-refractivity contribution in [1.29, 1.82) is 0 Å². The molecule has 1 aromatic heterocycles. The van der Waals surface area contributed by atoms with Crippen LogP contribution in [0.5, 0.6) is 0 Å². The number of nitrogens with zero attached hydrogens (tertiary/aromatic N) is 2. The lowest BCUT2D eigenvalue weighted by Gasteiger charge is -2.25. The first-order valence-corrected chi connectivity index (χ1v) is 18.5. The molecule has 2 nitrogen and oxygen atoms in total. The van der Waals surface area contributed by atoms with Gasteiger partial charge in [0.2, 0.25) is 0 Å². The zero-order valence-corrected chi connectivity index (χ0v) is 29.7. The maximum Gasteiger partial charge on any atom is 0.0541 e. The van der Waals surface area contributed by atoms with Crippen LogP contribution in [0, 0.1) is 0 Å². The summed E-state index contributed by atoms with van der Waals surface area (Å²) in [4.78, 5) is 2.30. The van der Waals surface area contributed by atoms with Gasteiger partial charge in [0.1, 0.15) is 0 Å². The summed E-state index contributed by atoms with van der Waals surface area (Å²) in [5.41, 5.74) is 14.3. The number of hydrogen-bond acceptors (Lipinski definition) is 1. The Morgan fingerprint density at radius 3 is 1.44 bits per heavy atom. The fourth-order valence-electron chi connectivity index (χ4n) is 8.06. The lowest BCUT2D eigenvalue weighted by atomic mass is 9.90. The Bertz CT molecular complexity index is 2850. The summed E-state index contributed by atoms with van der Waals surface area (Å²) >= 11 is 0. The molecule has 0 aliphatic heterocycles. The van der Waals surface area contributed by atoms with E-state index in [0.717, 1.165) is 17.1 Å². The van der Waals surface area contributed by atoms with Crippen molar-refractivity contribution in [3.05, 3.63) is 218 Å². The molecule has 0 atom stereocenters. The molecule has 254 valence electrons. The van der Waals surface area contributed by atoms with Gasteiger partial charge in [-0.15, -0.1) is 0 Å². The predicted octanol–water partition coefficient (Wildman–Crippen LogP) is 14.4. The maximum atomic E-state index is 2.38. The van der Waals surface area contributed by atoms with Crippen LogP contribution in [0.25, 0.3) is 71.6 Å². The number of fused-ring (bicyclic) bond motifs is 4. The molecule has 0 unspecified atom stereocenters. The van der Waals surface area contributed by atoms with Gasteiger partial charge in [0.25, 0.3) is 0 Å². The highest BCUT2D eigenvalue weighted by Gasteiger charge is 2.16. The molecule has 0 N–H and O–H groups in total. The van der Waals surface area contributed by atoms with E-state index < -0.39 is 0 Å². The van der Waals surface area contributed by atoms with E-state index in [9.17, 15) is 0 Å². The van der Waals surface area contributed by atoms with Crippen LogP contribution >= 0.6 is 0 Å². The number of hydrogen-bond donors (Lipinski definition) is 0. The van der Waals surface area contributed by atoms with E-state index in [1.165, 1.54) is 71.6 Å². The number of para-hydroxylation sites is 4. The Labute approximate surface area is 315 Å². The van der Waals surface area contributed by atoms with Crippen molar-refractivity contribution < 1.29 is 0 Å². The molecule has 10 rings (SSSR count). The molecule has 0 aliphatic carbocycles. The summed E-state index contributed by atoms with van der Waals surface area (Å²) in [6.45, 7) is 0. The Kier molecular flexibility index (Phi) is 7.85. The van der Waals surface area contributed by atoms with Crippen molar-refractivity contribution in [2.45, 2.75) is 0 Å². The van der Waals surface area contributed by atoms with Crippen LogP contribution in [0.2, 0.25) is 0 Å². The highest BCUT2D eigenvalue weighted by molar-refractivity contribution is 6.12. The predicted molar refractivity (Wildman–Crippen MR) is 229 cm³/mol. The molecule has 0 aliphatic rings. The molecule has 0 fully saturated rings. The molecule has 2 heteroatoms. The molecule has 0 bridgehead atoms. The zero-order valence-electron chi connectivity index (χ0n) is 29.7. The first-order valence-electron chi connectivity index (χ1n) is 18.5. The number of rotatable bonds is 7. The topological polar surface area (TPSA) is 8.17 Å². The van der Waals surface area contributed by atoms with Gasteiger partial charge in [-0.3, -0.25) is 0 Å². The van der Waals surface area contributed by atoms with Crippen molar-refractivity contribution in [2.75, 3.05) is 4.90 Å². The molecular formula is C52H36N2. The molecule has 0 saturated carbocycles. The van der Waals surface area contributed by atoms with Gasteiger partial charge in [-0.05, 0) is 111 Å². The molecule has 0 amide bonds. The molecule has 1 heterocycles. The highest BCUT2D eigenvalue weighted by atomic mass is 15.1. The summed E-state index contributed by atoms with van der Waals surface area (Å²) in [6, 6.07) is 78.7. The molecule has 0 radical (unpaired) electrons. The van der Waals surface area contributed by atoms with E-state index in [4.69, 9.17) is 0 Å². The summed E-state index contributed by atoms with van der Waals surface area (Å²) in [6.07, 6.45) is 0. The Balaban J connectivity index is 1.02. The van der Waals surface area contributed by atoms with Crippen molar-refractivity contribution in [1.82, 2.24) is 4.57 Å². The summed E-state index contributed by atoms with van der Waals surface area (Å²) in [5.74, 6) is 0.